The van der Waals surface area contributed by atoms with Crippen LogP contribution in [-0.4, -0.2) is 57.7 Å². The first-order valence-corrected chi connectivity index (χ1v) is 9.14. The molecule has 0 aliphatic carbocycles. The highest BCUT2D eigenvalue weighted by molar-refractivity contribution is 5.93. The van der Waals surface area contributed by atoms with Crippen molar-refractivity contribution >= 4 is 17.1 Å². The minimum atomic E-state index is -0.103. The Morgan fingerprint density at radius 1 is 1.30 bits per heavy atom. The van der Waals surface area contributed by atoms with Crippen LogP contribution in [0.4, 0.5) is 0 Å². The molecule has 1 aliphatic rings. The molecule has 1 amide bonds. The molecular weight excluding hydrogens is 344 g/mol. The SMILES string of the molecule is CCOc1ccc(-n2ccc3nc(C(=O)N4CCO[C@H](C)C4)cnc32)cc1. The fourth-order valence-electron chi connectivity index (χ4n) is 3.26. The van der Waals surface area contributed by atoms with E-state index >= 15 is 0 Å². The highest BCUT2D eigenvalue weighted by Crippen LogP contribution is 2.21. The molecule has 3 heterocycles. The summed E-state index contributed by atoms with van der Waals surface area (Å²) >= 11 is 0. The Hall–Kier alpha value is -2.93. The maximum Gasteiger partial charge on any atom is 0.274 e. The molecule has 1 aromatic carbocycles. The fourth-order valence-corrected chi connectivity index (χ4v) is 3.26. The summed E-state index contributed by atoms with van der Waals surface area (Å²) in [6, 6.07) is 9.67. The Bertz CT molecular complexity index is 952. The molecule has 7 heteroatoms. The summed E-state index contributed by atoms with van der Waals surface area (Å²) < 4.78 is 12.9. The molecule has 27 heavy (non-hydrogen) atoms. The molecule has 0 unspecified atom stereocenters. The molecule has 0 bridgehead atoms. The van der Waals surface area contributed by atoms with E-state index < -0.39 is 0 Å². The van der Waals surface area contributed by atoms with Gasteiger partial charge in [-0.1, -0.05) is 0 Å². The fraction of sp³-hybridized carbons (Fsp3) is 0.350. The number of benzene rings is 1. The lowest BCUT2D eigenvalue weighted by Gasteiger charge is -2.30. The Balaban J connectivity index is 1.60. The van der Waals surface area contributed by atoms with E-state index in [1.807, 2.05) is 54.9 Å². The van der Waals surface area contributed by atoms with Gasteiger partial charge in [0.15, 0.2) is 5.65 Å². The molecule has 1 atom stereocenters. The first-order valence-electron chi connectivity index (χ1n) is 9.14. The van der Waals surface area contributed by atoms with Crippen molar-refractivity contribution in [2.45, 2.75) is 20.0 Å². The van der Waals surface area contributed by atoms with Gasteiger partial charge in [-0.05, 0) is 44.2 Å². The normalized spacial score (nSPS) is 17.3. The van der Waals surface area contributed by atoms with E-state index in [2.05, 4.69) is 9.97 Å². The number of hydrogen-bond acceptors (Lipinski definition) is 5. The summed E-state index contributed by atoms with van der Waals surface area (Å²) in [5.41, 5.74) is 2.73. The molecule has 3 aromatic rings. The van der Waals surface area contributed by atoms with E-state index in [-0.39, 0.29) is 12.0 Å². The monoisotopic (exact) mass is 366 g/mol. The number of hydrogen-bond donors (Lipinski definition) is 0. The van der Waals surface area contributed by atoms with Gasteiger partial charge in [-0.3, -0.25) is 9.36 Å². The Labute approximate surface area is 157 Å². The van der Waals surface area contributed by atoms with Crippen molar-refractivity contribution in [2.24, 2.45) is 0 Å². The number of carbonyl (C=O) groups is 1. The minimum absolute atomic E-state index is 0.0418. The van der Waals surface area contributed by atoms with Crippen LogP contribution in [-0.2, 0) is 4.74 Å². The summed E-state index contributed by atoms with van der Waals surface area (Å²) in [5, 5.41) is 0. The smallest absolute Gasteiger partial charge is 0.274 e. The van der Waals surface area contributed by atoms with Gasteiger partial charge in [0.05, 0.1) is 25.5 Å². The summed E-state index contributed by atoms with van der Waals surface area (Å²) in [7, 11) is 0. The summed E-state index contributed by atoms with van der Waals surface area (Å²) in [6.45, 7) is 6.26. The maximum atomic E-state index is 12.7. The van der Waals surface area contributed by atoms with Gasteiger partial charge >= 0.3 is 0 Å². The van der Waals surface area contributed by atoms with Gasteiger partial charge in [-0.25, -0.2) is 9.97 Å². The highest BCUT2D eigenvalue weighted by atomic mass is 16.5. The molecule has 4 rings (SSSR count). The first-order chi connectivity index (χ1) is 13.2. The Morgan fingerprint density at radius 2 is 2.11 bits per heavy atom. The Kier molecular flexibility index (Phi) is 4.77. The summed E-state index contributed by atoms with van der Waals surface area (Å²) in [5.74, 6) is 0.727. The third-order valence-electron chi connectivity index (χ3n) is 4.56. The number of morpholine rings is 1. The molecule has 0 N–H and O–H groups in total. The third kappa shape index (κ3) is 3.50. The Morgan fingerprint density at radius 3 is 2.85 bits per heavy atom. The molecule has 0 spiro atoms. The quantitative estimate of drug-likeness (QED) is 0.710. The van der Waals surface area contributed by atoms with Crippen LogP contribution in [0.1, 0.15) is 24.3 Å². The summed E-state index contributed by atoms with van der Waals surface area (Å²) in [4.78, 5) is 23.5. The number of amides is 1. The van der Waals surface area contributed by atoms with Crippen molar-refractivity contribution in [1.82, 2.24) is 19.4 Å². The lowest BCUT2D eigenvalue weighted by molar-refractivity contribution is -0.0126. The number of aromatic nitrogens is 3. The van der Waals surface area contributed by atoms with Crippen LogP contribution >= 0.6 is 0 Å². The zero-order valence-corrected chi connectivity index (χ0v) is 15.5. The number of rotatable bonds is 4. The third-order valence-corrected chi connectivity index (χ3v) is 4.56. The van der Waals surface area contributed by atoms with Crippen molar-refractivity contribution in [2.75, 3.05) is 26.3 Å². The zero-order valence-electron chi connectivity index (χ0n) is 15.5. The second-order valence-corrected chi connectivity index (χ2v) is 6.51. The van der Waals surface area contributed by atoms with Crippen LogP contribution in [0.15, 0.2) is 42.7 Å². The molecule has 1 fully saturated rings. The molecule has 0 saturated carbocycles. The van der Waals surface area contributed by atoms with Crippen LogP contribution in [0.5, 0.6) is 5.75 Å². The largest absolute Gasteiger partial charge is 0.494 e. The molecule has 7 nitrogen and oxygen atoms in total. The van der Waals surface area contributed by atoms with Crippen molar-refractivity contribution in [3.63, 3.8) is 0 Å². The van der Waals surface area contributed by atoms with Crippen LogP contribution in [0.3, 0.4) is 0 Å². The number of ether oxygens (including phenoxy) is 2. The van der Waals surface area contributed by atoms with Gasteiger partial charge in [-0.2, -0.15) is 0 Å². The van der Waals surface area contributed by atoms with Gasteiger partial charge in [0.2, 0.25) is 0 Å². The number of carbonyl (C=O) groups excluding carboxylic acids is 1. The lowest BCUT2D eigenvalue weighted by Crippen LogP contribution is -2.44. The van der Waals surface area contributed by atoms with Gasteiger partial charge in [0, 0.05) is 25.0 Å². The van der Waals surface area contributed by atoms with E-state index in [4.69, 9.17) is 9.47 Å². The minimum Gasteiger partial charge on any atom is -0.494 e. The van der Waals surface area contributed by atoms with Crippen molar-refractivity contribution in [3.8, 4) is 11.4 Å². The molecule has 1 aliphatic heterocycles. The predicted octanol–water partition coefficient (Wildman–Crippen LogP) is 2.68. The van der Waals surface area contributed by atoms with Crippen molar-refractivity contribution in [3.05, 3.63) is 48.4 Å². The van der Waals surface area contributed by atoms with Gasteiger partial charge in [0.25, 0.3) is 5.91 Å². The van der Waals surface area contributed by atoms with Gasteiger partial charge < -0.3 is 14.4 Å². The van der Waals surface area contributed by atoms with Crippen LogP contribution in [0.25, 0.3) is 16.9 Å². The topological polar surface area (TPSA) is 69.5 Å². The standard InChI is InChI=1S/C20H22N4O3/c1-3-26-16-6-4-15(5-7-16)24-9-8-17-19(24)21-12-18(22-17)20(25)23-10-11-27-14(2)13-23/h4-9,12,14H,3,10-11,13H2,1-2H3/t14-/m1/s1. The molecule has 0 radical (unpaired) electrons. The van der Waals surface area contributed by atoms with Gasteiger partial charge in [0.1, 0.15) is 17.0 Å². The van der Waals surface area contributed by atoms with E-state index in [0.29, 0.717) is 43.2 Å². The maximum absolute atomic E-state index is 12.7. The highest BCUT2D eigenvalue weighted by Gasteiger charge is 2.24. The first kappa shape index (κ1) is 17.5. The van der Waals surface area contributed by atoms with Crippen molar-refractivity contribution < 1.29 is 14.3 Å². The molecule has 1 saturated heterocycles. The van der Waals surface area contributed by atoms with E-state index in [1.165, 1.54) is 0 Å². The average molecular weight is 366 g/mol. The van der Waals surface area contributed by atoms with E-state index in [1.54, 1.807) is 11.1 Å². The molecule has 140 valence electrons. The van der Waals surface area contributed by atoms with E-state index in [0.717, 1.165) is 11.4 Å². The van der Waals surface area contributed by atoms with Crippen molar-refractivity contribution in [1.29, 1.82) is 0 Å². The zero-order chi connectivity index (χ0) is 18.8. The summed E-state index contributed by atoms with van der Waals surface area (Å²) in [6.07, 6.45) is 3.50. The second-order valence-electron chi connectivity index (χ2n) is 6.51. The van der Waals surface area contributed by atoms with Crippen LogP contribution in [0, 0.1) is 0 Å². The number of fused-ring (bicyclic) bond motifs is 1. The van der Waals surface area contributed by atoms with Crippen LogP contribution in [0.2, 0.25) is 0 Å². The lowest BCUT2D eigenvalue weighted by atomic mass is 10.2. The average Bonchev–Trinajstić information content (AvgIpc) is 3.11. The molecule has 2 aromatic heterocycles. The van der Waals surface area contributed by atoms with Gasteiger partial charge in [-0.15, -0.1) is 0 Å². The predicted molar refractivity (Wildman–Crippen MR) is 101 cm³/mol. The molecular formula is C20H22N4O3. The number of nitrogens with zero attached hydrogens (tertiary/aromatic N) is 4. The second kappa shape index (κ2) is 7.36. The van der Waals surface area contributed by atoms with E-state index in [9.17, 15) is 4.79 Å². The van der Waals surface area contributed by atoms with Crippen LogP contribution < -0.4 is 4.74 Å².